The lowest BCUT2D eigenvalue weighted by Crippen LogP contribution is -2.33. The molecule has 3 heterocycles. The van der Waals surface area contributed by atoms with Crippen LogP contribution in [-0.4, -0.2) is 51.7 Å². The van der Waals surface area contributed by atoms with Crippen molar-refractivity contribution in [2.45, 2.75) is 52.1 Å². The highest BCUT2D eigenvalue weighted by Crippen LogP contribution is 2.34. The van der Waals surface area contributed by atoms with Crippen molar-refractivity contribution >= 4 is 27.7 Å². The molecule has 1 aliphatic rings. The number of ether oxygens (including phenoxy) is 1. The Balaban J connectivity index is 1.11. The number of H-pyrrole nitrogens is 1. The number of carbonyl (C=O) groups excluding carboxylic acids is 1. The molecule has 1 fully saturated rings. The second-order valence-corrected chi connectivity index (χ2v) is 13.0. The normalized spacial score (nSPS) is 14.4. The van der Waals surface area contributed by atoms with Crippen molar-refractivity contribution in [3.05, 3.63) is 119 Å². The van der Waals surface area contributed by atoms with E-state index in [9.17, 15) is 9.90 Å². The first-order chi connectivity index (χ1) is 23.4. The first kappa shape index (κ1) is 31.6. The fourth-order valence-electron chi connectivity index (χ4n) is 7.36. The number of hydrogen-bond donors (Lipinski definition) is 3. The maximum Gasteiger partial charge on any atom is 0.225 e. The van der Waals surface area contributed by atoms with Crippen molar-refractivity contribution < 1.29 is 14.6 Å². The van der Waals surface area contributed by atoms with Gasteiger partial charge in [0.25, 0.3) is 0 Å². The summed E-state index contributed by atoms with van der Waals surface area (Å²) in [5.41, 5.74) is 8.25. The van der Waals surface area contributed by atoms with Crippen LogP contribution in [0.4, 0.5) is 0 Å². The molecule has 1 atom stereocenters. The lowest BCUT2D eigenvalue weighted by molar-refractivity contribution is -0.121. The van der Waals surface area contributed by atoms with Crippen LogP contribution < -0.4 is 10.1 Å². The predicted molar refractivity (Wildman–Crippen MR) is 194 cm³/mol. The van der Waals surface area contributed by atoms with Crippen LogP contribution in [0.3, 0.4) is 0 Å². The van der Waals surface area contributed by atoms with Gasteiger partial charge in [-0.2, -0.15) is 0 Å². The molecule has 4 aromatic carbocycles. The Labute approximate surface area is 282 Å². The van der Waals surface area contributed by atoms with Crippen LogP contribution in [0.2, 0.25) is 0 Å². The van der Waals surface area contributed by atoms with Gasteiger partial charge in [-0.3, -0.25) is 9.69 Å². The number of rotatable bonds is 11. The third-order valence-corrected chi connectivity index (χ3v) is 9.74. The van der Waals surface area contributed by atoms with Crippen molar-refractivity contribution in [3.63, 3.8) is 0 Å². The van der Waals surface area contributed by atoms with Crippen LogP contribution in [0.1, 0.15) is 54.6 Å². The van der Waals surface area contributed by atoms with E-state index in [1.165, 1.54) is 32.4 Å². The van der Waals surface area contributed by atoms with E-state index in [-0.39, 0.29) is 24.1 Å². The van der Waals surface area contributed by atoms with Gasteiger partial charge in [0.1, 0.15) is 18.1 Å². The Morgan fingerprint density at radius 1 is 0.917 bits per heavy atom. The Morgan fingerprint density at radius 3 is 2.46 bits per heavy atom. The second-order valence-electron chi connectivity index (χ2n) is 13.0. The first-order valence-electron chi connectivity index (χ1n) is 17.1. The number of phenols is 1. The number of amides is 1. The van der Waals surface area contributed by atoms with E-state index in [1.807, 2.05) is 61.5 Å². The fourth-order valence-corrected chi connectivity index (χ4v) is 7.36. The molecule has 7 heteroatoms. The van der Waals surface area contributed by atoms with Gasteiger partial charge in [-0.15, -0.1) is 0 Å². The number of phenolic OH excluding ortho intramolecular Hbond substituents is 1. The van der Waals surface area contributed by atoms with Gasteiger partial charge in [0, 0.05) is 40.6 Å². The Hall–Kier alpha value is -5.01. The predicted octanol–water partition coefficient (Wildman–Crippen LogP) is 8.14. The van der Waals surface area contributed by atoms with Gasteiger partial charge in [0.15, 0.2) is 0 Å². The van der Waals surface area contributed by atoms with E-state index in [2.05, 4.69) is 63.1 Å². The van der Waals surface area contributed by atoms with Crippen molar-refractivity contribution in [3.8, 4) is 22.8 Å². The van der Waals surface area contributed by atoms with Crippen molar-refractivity contribution in [1.29, 1.82) is 0 Å². The molecule has 7 rings (SSSR count). The number of aryl methyl sites for hydroxylation is 1. The molecule has 1 saturated heterocycles. The standard InChI is InChI=1S/C41H44N4O3/c1-28-35-25-32(46)17-20-38(35)45(27-30-15-18-33(19-16-30)48-24-23-44-21-9-4-10-22-44)41(28)29(2)42-39(47)26-36-34-13-7-8-14-37(34)43-40(36)31-11-5-3-6-12-31/h3,5-8,11-20,25,29,43,46H,4,9-10,21-24,26-27H2,1-2H3,(H,42,47)/t29-/m1/s1. The fraction of sp³-hybridized carbons (Fsp3) is 0.293. The van der Waals surface area contributed by atoms with E-state index in [0.29, 0.717) is 13.2 Å². The molecule has 48 heavy (non-hydrogen) atoms. The van der Waals surface area contributed by atoms with Gasteiger partial charge in [-0.1, -0.05) is 67.1 Å². The van der Waals surface area contributed by atoms with Crippen LogP contribution >= 0.6 is 0 Å². The summed E-state index contributed by atoms with van der Waals surface area (Å²) in [6.45, 7) is 8.73. The number of carbonyl (C=O) groups is 1. The van der Waals surface area contributed by atoms with E-state index in [0.717, 1.165) is 67.7 Å². The summed E-state index contributed by atoms with van der Waals surface area (Å²) in [7, 11) is 0. The highest BCUT2D eigenvalue weighted by atomic mass is 16.5. The highest BCUT2D eigenvalue weighted by molar-refractivity contribution is 5.95. The zero-order valence-electron chi connectivity index (χ0n) is 27.8. The van der Waals surface area contributed by atoms with Crippen molar-refractivity contribution in [2.75, 3.05) is 26.2 Å². The average molecular weight is 641 g/mol. The SMILES string of the molecule is Cc1c([C@@H](C)NC(=O)Cc2c(-c3ccccc3)[nH]c3ccccc23)n(Cc2ccc(OCCN3CCCCC3)cc2)c2ccc(O)cc12. The summed E-state index contributed by atoms with van der Waals surface area (Å²) in [6.07, 6.45) is 4.15. The van der Waals surface area contributed by atoms with Crippen LogP contribution in [-0.2, 0) is 17.8 Å². The largest absolute Gasteiger partial charge is 0.508 e. The molecule has 246 valence electrons. The zero-order valence-corrected chi connectivity index (χ0v) is 27.8. The number of fused-ring (bicyclic) bond motifs is 2. The van der Waals surface area contributed by atoms with Crippen molar-refractivity contribution in [2.24, 2.45) is 0 Å². The molecular weight excluding hydrogens is 596 g/mol. The smallest absolute Gasteiger partial charge is 0.225 e. The van der Waals surface area contributed by atoms with Crippen LogP contribution in [0.25, 0.3) is 33.1 Å². The molecule has 0 aliphatic carbocycles. The van der Waals surface area contributed by atoms with E-state index in [1.54, 1.807) is 6.07 Å². The van der Waals surface area contributed by atoms with Crippen LogP contribution in [0.15, 0.2) is 97.1 Å². The maximum atomic E-state index is 13.8. The number of aromatic amines is 1. The molecule has 0 bridgehead atoms. The molecule has 0 spiro atoms. The molecule has 0 saturated carbocycles. The zero-order chi connectivity index (χ0) is 33.0. The summed E-state index contributed by atoms with van der Waals surface area (Å²) in [6, 6.07) is 31.9. The minimum absolute atomic E-state index is 0.0467. The van der Waals surface area contributed by atoms with E-state index >= 15 is 0 Å². The number of nitrogens with zero attached hydrogens (tertiary/aromatic N) is 2. The number of nitrogens with one attached hydrogen (secondary N) is 2. The number of para-hydroxylation sites is 1. The van der Waals surface area contributed by atoms with Gasteiger partial charge in [0.2, 0.25) is 5.91 Å². The molecular formula is C41H44N4O3. The third-order valence-electron chi connectivity index (χ3n) is 9.74. The summed E-state index contributed by atoms with van der Waals surface area (Å²) in [5, 5.41) is 15.7. The van der Waals surface area contributed by atoms with Crippen molar-refractivity contribution in [1.82, 2.24) is 19.8 Å². The third kappa shape index (κ3) is 6.69. The number of hydrogen-bond acceptors (Lipinski definition) is 4. The summed E-state index contributed by atoms with van der Waals surface area (Å²) in [5.74, 6) is 1.06. The lowest BCUT2D eigenvalue weighted by atomic mass is 10.0. The number of aromatic hydroxyl groups is 1. The van der Waals surface area contributed by atoms with Gasteiger partial charge >= 0.3 is 0 Å². The van der Waals surface area contributed by atoms with E-state index < -0.39 is 0 Å². The summed E-state index contributed by atoms with van der Waals surface area (Å²) >= 11 is 0. The van der Waals surface area contributed by atoms with E-state index in [4.69, 9.17) is 4.74 Å². The molecule has 7 nitrogen and oxygen atoms in total. The van der Waals surface area contributed by atoms with Crippen LogP contribution in [0.5, 0.6) is 11.5 Å². The Morgan fingerprint density at radius 2 is 1.67 bits per heavy atom. The molecule has 6 aromatic rings. The monoisotopic (exact) mass is 640 g/mol. The average Bonchev–Trinajstić information content (AvgIpc) is 3.60. The molecule has 1 amide bonds. The number of benzene rings is 4. The number of aromatic nitrogens is 2. The summed E-state index contributed by atoms with van der Waals surface area (Å²) in [4.78, 5) is 19.8. The minimum atomic E-state index is -0.269. The Bertz CT molecular complexity index is 2020. The lowest BCUT2D eigenvalue weighted by Gasteiger charge is -2.26. The molecule has 3 N–H and O–H groups in total. The second kappa shape index (κ2) is 14.0. The van der Waals surface area contributed by atoms with Crippen LogP contribution in [0, 0.1) is 6.92 Å². The molecule has 1 aliphatic heterocycles. The van der Waals surface area contributed by atoms with Gasteiger partial charge < -0.3 is 24.7 Å². The molecule has 2 aromatic heterocycles. The topological polar surface area (TPSA) is 82.5 Å². The summed E-state index contributed by atoms with van der Waals surface area (Å²) < 4.78 is 8.35. The molecule has 0 radical (unpaired) electrons. The first-order valence-corrected chi connectivity index (χ1v) is 17.1. The Kier molecular flexibility index (Phi) is 9.21. The molecule has 0 unspecified atom stereocenters. The highest BCUT2D eigenvalue weighted by Gasteiger charge is 2.23. The van der Waals surface area contributed by atoms with Gasteiger partial charge in [0.05, 0.1) is 18.2 Å². The van der Waals surface area contributed by atoms with Gasteiger partial charge in [-0.25, -0.2) is 0 Å². The van der Waals surface area contributed by atoms with Gasteiger partial charge in [-0.05, 0) is 98.4 Å². The number of likely N-dealkylation sites (tertiary alicyclic amines) is 1. The quantitative estimate of drug-likeness (QED) is 0.134. The maximum absolute atomic E-state index is 13.8. The number of piperidine rings is 1. The minimum Gasteiger partial charge on any atom is -0.508 e.